The van der Waals surface area contributed by atoms with Crippen molar-refractivity contribution in [1.82, 2.24) is 24.3 Å². The summed E-state index contributed by atoms with van der Waals surface area (Å²) in [6, 6.07) is 8.63. The van der Waals surface area contributed by atoms with E-state index in [1.807, 2.05) is 29.1 Å². The molecular formula is C22H25N5OS. The van der Waals surface area contributed by atoms with Crippen LogP contribution >= 0.6 is 11.3 Å². The first kappa shape index (κ1) is 18.4. The zero-order valence-corrected chi connectivity index (χ0v) is 17.4. The van der Waals surface area contributed by atoms with Gasteiger partial charge in [-0.2, -0.15) is 0 Å². The number of benzene rings is 1. The Bertz CT molecular complexity index is 1020. The molecule has 2 aliphatic rings. The molecule has 6 nitrogen and oxygen atoms in total. The Labute approximate surface area is 174 Å². The summed E-state index contributed by atoms with van der Waals surface area (Å²) in [6.45, 7) is 5.83. The highest BCUT2D eigenvalue weighted by molar-refractivity contribution is 7.09. The molecule has 0 radical (unpaired) electrons. The number of aryl methyl sites for hydroxylation is 1. The van der Waals surface area contributed by atoms with Gasteiger partial charge in [-0.15, -0.1) is 11.3 Å². The molecule has 2 amide bonds. The second-order valence-electron chi connectivity index (χ2n) is 7.88. The van der Waals surface area contributed by atoms with E-state index in [0.29, 0.717) is 19.6 Å². The van der Waals surface area contributed by atoms with Crippen LogP contribution in [0.4, 0.5) is 4.79 Å². The molecule has 0 unspecified atom stereocenters. The topological polar surface area (TPSA) is 54.3 Å². The average Bonchev–Trinajstić information content (AvgIpc) is 3.49. The van der Waals surface area contributed by atoms with Crippen molar-refractivity contribution in [3.8, 4) is 0 Å². The number of carbonyl (C=O) groups excluding carboxylic acids is 1. The molecule has 3 aromatic rings. The number of urea groups is 1. The van der Waals surface area contributed by atoms with E-state index in [4.69, 9.17) is 4.98 Å². The SMILES string of the molecule is Cc1nc(Cn2ccnc2[C@H]2CN(C(=O)N3CCCC3)Cc3ccccc32)cs1. The molecule has 0 bridgehead atoms. The third-order valence-corrected chi connectivity index (χ3v) is 6.72. The maximum atomic E-state index is 13.1. The summed E-state index contributed by atoms with van der Waals surface area (Å²) in [5.41, 5.74) is 3.55. The van der Waals surface area contributed by atoms with Gasteiger partial charge in [-0.1, -0.05) is 24.3 Å². The minimum atomic E-state index is 0.0706. The Hall–Kier alpha value is -2.67. The molecule has 0 N–H and O–H groups in total. The number of nitrogens with zero attached hydrogens (tertiary/aromatic N) is 5. The highest BCUT2D eigenvalue weighted by Gasteiger charge is 2.34. The molecule has 0 saturated carbocycles. The summed E-state index contributed by atoms with van der Waals surface area (Å²) in [5, 5.41) is 3.18. The monoisotopic (exact) mass is 407 g/mol. The summed E-state index contributed by atoms with van der Waals surface area (Å²) >= 11 is 1.67. The minimum Gasteiger partial charge on any atom is -0.328 e. The Balaban J connectivity index is 1.47. The van der Waals surface area contributed by atoms with E-state index in [-0.39, 0.29) is 11.9 Å². The summed E-state index contributed by atoms with van der Waals surface area (Å²) < 4.78 is 2.18. The molecule has 0 aliphatic carbocycles. The van der Waals surface area contributed by atoms with Crippen LogP contribution in [0.2, 0.25) is 0 Å². The van der Waals surface area contributed by atoms with Gasteiger partial charge in [0.15, 0.2) is 0 Å². The van der Waals surface area contributed by atoms with E-state index < -0.39 is 0 Å². The molecule has 1 atom stereocenters. The fourth-order valence-corrected chi connectivity index (χ4v) is 5.11. The summed E-state index contributed by atoms with van der Waals surface area (Å²) in [6.07, 6.45) is 6.10. The molecule has 150 valence electrons. The fourth-order valence-electron chi connectivity index (χ4n) is 4.50. The zero-order chi connectivity index (χ0) is 19.8. The highest BCUT2D eigenvalue weighted by Crippen LogP contribution is 2.33. The Morgan fingerprint density at radius 2 is 2.03 bits per heavy atom. The summed E-state index contributed by atoms with van der Waals surface area (Å²) in [5.74, 6) is 1.07. The zero-order valence-electron chi connectivity index (χ0n) is 16.6. The van der Waals surface area contributed by atoms with Gasteiger partial charge in [-0.3, -0.25) is 0 Å². The van der Waals surface area contributed by atoms with Gasteiger partial charge in [-0.05, 0) is 30.9 Å². The van der Waals surface area contributed by atoms with Crippen molar-refractivity contribution in [2.75, 3.05) is 19.6 Å². The maximum Gasteiger partial charge on any atom is 0.320 e. The average molecular weight is 408 g/mol. The van der Waals surface area contributed by atoms with Crippen molar-refractivity contribution in [3.05, 3.63) is 69.7 Å². The molecule has 0 spiro atoms. The number of hydrogen-bond acceptors (Lipinski definition) is 4. The summed E-state index contributed by atoms with van der Waals surface area (Å²) in [7, 11) is 0. The number of hydrogen-bond donors (Lipinski definition) is 0. The van der Waals surface area contributed by atoms with Crippen molar-refractivity contribution in [2.45, 2.75) is 38.8 Å². The number of imidazole rings is 1. The van der Waals surface area contributed by atoms with Gasteiger partial charge in [0, 0.05) is 44.0 Å². The van der Waals surface area contributed by atoms with Crippen molar-refractivity contribution >= 4 is 17.4 Å². The number of thiazole rings is 1. The lowest BCUT2D eigenvalue weighted by Gasteiger charge is -2.36. The number of aromatic nitrogens is 3. The first-order valence-corrected chi connectivity index (χ1v) is 11.1. The predicted octanol–water partition coefficient (Wildman–Crippen LogP) is 3.86. The van der Waals surface area contributed by atoms with Crippen LogP contribution in [-0.2, 0) is 13.1 Å². The van der Waals surface area contributed by atoms with E-state index in [9.17, 15) is 4.79 Å². The molecule has 2 aromatic heterocycles. The van der Waals surface area contributed by atoms with E-state index in [0.717, 1.165) is 42.5 Å². The maximum absolute atomic E-state index is 13.1. The Morgan fingerprint density at radius 3 is 2.83 bits per heavy atom. The molecule has 1 aromatic carbocycles. The second-order valence-corrected chi connectivity index (χ2v) is 8.94. The lowest BCUT2D eigenvalue weighted by atomic mass is 9.89. The smallest absolute Gasteiger partial charge is 0.320 e. The number of amides is 2. The number of rotatable bonds is 3. The third kappa shape index (κ3) is 3.55. The van der Waals surface area contributed by atoms with Crippen LogP contribution in [0.15, 0.2) is 42.0 Å². The Morgan fingerprint density at radius 1 is 1.21 bits per heavy atom. The van der Waals surface area contributed by atoms with Gasteiger partial charge in [0.05, 0.1) is 23.2 Å². The van der Waals surface area contributed by atoms with E-state index >= 15 is 0 Å². The number of carbonyl (C=O) groups is 1. The standard InChI is InChI=1S/C22H25N5OS/c1-16-24-18(15-29-16)13-26-11-8-23-21(26)20-14-27(22(28)25-9-4-5-10-25)12-17-6-2-3-7-19(17)20/h2-3,6-8,11,15,20H,4-5,9-10,12-14H2,1H3/t20-/m0/s1. The van der Waals surface area contributed by atoms with Gasteiger partial charge in [0.25, 0.3) is 0 Å². The van der Waals surface area contributed by atoms with E-state index in [1.165, 1.54) is 11.1 Å². The number of likely N-dealkylation sites (tertiary alicyclic amines) is 1. The lowest BCUT2D eigenvalue weighted by molar-refractivity contribution is 0.153. The van der Waals surface area contributed by atoms with Gasteiger partial charge in [-0.25, -0.2) is 14.8 Å². The molecule has 29 heavy (non-hydrogen) atoms. The van der Waals surface area contributed by atoms with Crippen LogP contribution in [-0.4, -0.2) is 50.0 Å². The first-order chi connectivity index (χ1) is 14.2. The van der Waals surface area contributed by atoms with Crippen LogP contribution in [0.1, 0.15) is 46.4 Å². The second kappa shape index (κ2) is 7.63. The Kier molecular flexibility index (Phi) is 4.83. The van der Waals surface area contributed by atoms with Crippen LogP contribution in [0.5, 0.6) is 0 Å². The molecule has 5 rings (SSSR count). The molecule has 4 heterocycles. The molecule has 2 aliphatic heterocycles. The summed E-state index contributed by atoms with van der Waals surface area (Å²) in [4.78, 5) is 26.5. The van der Waals surface area contributed by atoms with Crippen molar-refractivity contribution in [1.29, 1.82) is 0 Å². The quantitative estimate of drug-likeness (QED) is 0.662. The lowest BCUT2D eigenvalue weighted by Crippen LogP contribution is -2.45. The van der Waals surface area contributed by atoms with Crippen LogP contribution in [0.25, 0.3) is 0 Å². The van der Waals surface area contributed by atoms with Crippen LogP contribution in [0.3, 0.4) is 0 Å². The highest BCUT2D eigenvalue weighted by atomic mass is 32.1. The van der Waals surface area contributed by atoms with Gasteiger partial charge >= 0.3 is 6.03 Å². The number of fused-ring (bicyclic) bond motifs is 1. The van der Waals surface area contributed by atoms with E-state index in [2.05, 4.69) is 39.2 Å². The van der Waals surface area contributed by atoms with Crippen LogP contribution < -0.4 is 0 Å². The van der Waals surface area contributed by atoms with Gasteiger partial charge in [0.1, 0.15) is 5.82 Å². The van der Waals surface area contributed by atoms with Crippen molar-refractivity contribution < 1.29 is 4.79 Å². The van der Waals surface area contributed by atoms with Gasteiger partial charge < -0.3 is 14.4 Å². The fraction of sp³-hybridized carbons (Fsp3) is 0.409. The third-order valence-electron chi connectivity index (χ3n) is 5.90. The molecular weight excluding hydrogens is 382 g/mol. The molecule has 1 fully saturated rings. The normalized spacial score (nSPS) is 18.9. The van der Waals surface area contributed by atoms with Crippen molar-refractivity contribution in [2.24, 2.45) is 0 Å². The van der Waals surface area contributed by atoms with Gasteiger partial charge in [0.2, 0.25) is 0 Å². The largest absolute Gasteiger partial charge is 0.328 e. The van der Waals surface area contributed by atoms with E-state index in [1.54, 1.807) is 11.3 Å². The molecule has 1 saturated heterocycles. The van der Waals surface area contributed by atoms with Crippen LogP contribution in [0, 0.1) is 6.92 Å². The predicted molar refractivity (Wildman–Crippen MR) is 113 cm³/mol. The molecule has 7 heteroatoms. The first-order valence-electron chi connectivity index (χ1n) is 10.2. The van der Waals surface area contributed by atoms with Crippen molar-refractivity contribution in [3.63, 3.8) is 0 Å². The minimum absolute atomic E-state index is 0.0706.